The lowest BCUT2D eigenvalue weighted by Crippen LogP contribution is -2.29. The molecule has 2 aromatic heterocycles. The first-order chi connectivity index (χ1) is 21.2. The number of methoxy groups -OCH3 is 3. The number of hydrogen-bond donors (Lipinski definition) is 2. The Bertz CT molecular complexity index is 1730. The van der Waals surface area contributed by atoms with E-state index >= 15 is 0 Å². The van der Waals surface area contributed by atoms with Crippen molar-refractivity contribution in [2.45, 2.75) is 25.9 Å². The molecular weight excluding hydrogens is 584 g/mol. The molecule has 44 heavy (non-hydrogen) atoms. The van der Waals surface area contributed by atoms with Crippen LogP contribution in [-0.4, -0.2) is 53.4 Å². The number of thiocarbonyl (C=S) groups is 1. The number of nitrogens with zero attached hydrogens (tertiary/aromatic N) is 4. The largest absolute Gasteiger partial charge is 0.495 e. The highest BCUT2D eigenvalue weighted by molar-refractivity contribution is 7.80. The van der Waals surface area contributed by atoms with E-state index in [0.717, 1.165) is 28.3 Å². The Morgan fingerprint density at radius 3 is 2.50 bits per heavy atom. The van der Waals surface area contributed by atoms with Gasteiger partial charge in [0.2, 0.25) is 5.91 Å². The molecule has 1 aliphatic heterocycles. The van der Waals surface area contributed by atoms with Crippen LogP contribution in [0.4, 0.5) is 17.1 Å². The molecule has 0 spiro atoms. The number of rotatable bonds is 10. The third-order valence-corrected chi connectivity index (χ3v) is 7.83. The van der Waals surface area contributed by atoms with E-state index in [1.807, 2.05) is 53.6 Å². The van der Waals surface area contributed by atoms with Crippen LogP contribution in [0.1, 0.15) is 34.7 Å². The van der Waals surface area contributed by atoms with Crippen molar-refractivity contribution in [1.29, 1.82) is 0 Å². The number of hydrogen-bond acceptors (Lipinski definition) is 8. The van der Waals surface area contributed by atoms with Crippen LogP contribution >= 0.6 is 12.2 Å². The third-order valence-electron chi connectivity index (χ3n) is 7.51. The summed E-state index contributed by atoms with van der Waals surface area (Å²) in [6.45, 7) is 3.84. The topological polar surface area (TPSA) is 133 Å². The van der Waals surface area contributed by atoms with Crippen LogP contribution in [0.5, 0.6) is 11.5 Å². The van der Waals surface area contributed by atoms with E-state index in [2.05, 4.69) is 21.7 Å². The summed E-state index contributed by atoms with van der Waals surface area (Å²) in [6, 6.07) is 17.1. The van der Waals surface area contributed by atoms with Crippen LogP contribution in [0.25, 0.3) is 5.69 Å². The highest BCUT2D eigenvalue weighted by Crippen LogP contribution is 2.45. The summed E-state index contributed by atoms with van der Waals surface area (Å²) in [7, 11) is 4.47. The predicted molar refractivity (Wildman–Crippen MR) is 170 cm³/mol. The second-order valence-corrected chi connectivity index (χ2v) is 10.5. The van der Waals surface area contributed by atoms with Crippen LogP contribution in [0.15, 0.2) is 66.9 Å². The summed E-state index contributed by atoms with van der Waals surface area (Å²) in [5.41, 5.74) is 5.32. The van der Waals surface area contributed by atoms with Crippen LogP contribution in [0.2, 0.25) is 0 Å². The van der Waals surface area contributed by atoms with Gasteiger partial charge >= 0.3 is 0 Å². The molecule has 1 aliphatic rings. The first-order valence-corrected chi connectivity index (χ1v) is 14.1. The Morgan fingerprint density at radius 2 is 1.84 bits per heavy atom. The summed E-state index contributed by atoms with van der Waals surface area (Å²) < 4.78 is 18.1. The molecule has 1 fully saturated rings. The molecular formula is C31H32N6O6S. The van der Waals surface area contributed by atoms with E-state index in [1.165, 1.54) is 33.5 Å². The van der Waals surface area contributed by atoms with Crippen molar-refractivity contribution in [3.8, 4) is 17.2 Å². The van der Waals surface area contributed by atoms with Gasteiger partial charge in [-0.3, -0.25) is 19.9 Å². The molecule has 0 bridgehead atoms. The van der Waals surface area contributed by atoms with E-state index in [4.69, 9.17) is 26.4 Å². The van der Waals surface area contributed by atoms with Gasteiger partial charge in [-0.05, 0) is 74.1 Å². The maximum Gasteiger partial charge on any atom is 0.273 e. The first-order valence-electron chi connectivity index (χ1n) is 13.7. The zero-order valence-electron chi connectivity index (χ0n) is 24.9. The Kier molecular flexibility index (Phi) is 8.78. The Balaban J connectivity index is 1.66. The van der Waals surface area contributed by atoms with Gasteiger partial charge in [-0.2, -0.15) is 0 Å². The number of non-ortho nitro benzene ring substituents is 1. The Morgan fingerprint density at radius 1 is 1.07 bits per heavy atom. The minimum absolute atomic E-state index is 0.0621. The summed E-state index contributed by atoms with van der Waals surface area (Å²) in [6.07, 6.45) is 1.74. The maximum absolute atomic E-state index is 12.4. The van der Waals surface area contributed by atoms with Crippen LogP contribution in [0, 0.1) is 24.0 Å². The number of anilines is 2. The van der Waals surface area contributed by atoms with Crippen molar-refractivity contribution in [3.05, 3.63) is 99.6 Å². The molecule has 3 heterocycles. The molecule has 1 saturated heterocycles. The van der Waals surface area contributed by atoms with E-state index in [9.17, 15) is 14.9 Å². The monoisotopic (exact) mass is 616 g/mol. The minimum atomic E-state index is -0.450. The quantitative estimate of drug-likeness (QED) is 0.140. The predicted octanol–water partition coefficient (Wildman–Crippen LogP) is 5.18. The number of benzene rings is 2. The van der Waals surface area contributed by atoms with Crippen LogP contribution in [-0.2, 0) is 9.53 Å². The number of pyridine rings is 1. The van der Waals surface area contributed by atoms with Gasteiger partial charge in [0.15, 0.2) is 5.11 Å². The summed E-state index contributed by atoms with van der Waals surface area (Å²) >= 11 is 5.92. The third kappa shape index (κ3) is 5.66. The second kappa shape index (κ2) is 12.7. The molecule has 228 valence electrons. The molecule has 0 radical (unpaired) electrons. The first kappa shape index (κ1) is 30.4. The average molecular weight is 617 g/mol. The SMILES string of the molecule is COCC(=O)Nc1cc(N2C(=S)NC(c3ccccn3)C2c2cc(C)n(-c3ccc([N+](=O)[O-])cc3OC)c2C)ccc1OC. The fourth-order valence-electron chi connectivity index (χ4n) is 5.63. The summed E-state index contributed by atoms with van der Waals surface area (Å²) in [5.74, 6) is 0.531. The molecule has 0 saturated carbocycles. The molecule has 5 rings (SSSR count). The van der Waals surface area contributed by atoms with Crippen molar-refractivity contribution >= 4 is 40.3 Å². The average Bonchev–Trinajstić information content (AvgIpc) is 3.51. The summed E-state index contributed by atoms with van der Waals surface area (Å²) in [4.78, 5) is 30.1. The lowest BCUT2D eigenvalue weighted by atomic mass is 9.96. The fourth-order valence-corrected chi connectivity index (χ4v) is 5.98. The van der Waals surface area contributed by atoms with E-state index < -0.39 is 4.92 Å². The number of ether oxygens (including phenoxy) is 3. The Hall–Kier alpha value is -5.01. The molecule has 1 amide bonds. The number of amides is 1. The number of nitrogens with one attached hydrogen (secondary N) is 2. The van der Waals surface area contributed by atoms with Crippen molar-refractivity contribution in [2.24, 2.45) is 0 Å². The van der Waals surface area contributed by atoms with Gasteiger partial charge in [0.05, 0.1) is 54.4 Å². The number of aromatic nitrogens is 2. The van der Waals surface area contributed by atoms with Crippen molar-refractivity contribution < 1.29 is 23.9 Å². The van der Waals surface area contributed by atoms with Gasteiger partial charge in [0, 0.05) is 36.4 Å². The second-order valence-electron chi connectivity index (χ2n) is 10.1. The van der Waals surface area contributed by atoms with Crippen molar-refractivity contribution in [3.63, 3.8) is 0 Å². The summed E-state index contributed by atoms with van der Waals surface area (Å²) in [5, 5.41) is 18.2. The molecule has 2 aromatic carbocycles. The zero-order chi connectivity index (χ0) is 31.5. The number of carbonyl (C=O) groups is 1. The van der Waals surface area contributed by atoms with Crippen molar-refractivity contribution in [2.75, 3.05) is 38.2 Å². The fraction of sp³-hybridized carbons (Fsp3) is 0.258. The zero-order valence-corrected chi connectivity index (χ0v) is 25.7. The van der Waals surface area contributed by atoms with Crippen molar-refractivity contribution in [1.82, 2.24) is 14.9 Å². The molecule has 0 aliphatic carbocycles. The van der Waals surface area contributed by atoms with Gasteiger partial charge < -0.3 is 34.3 Å². The minimum Gasteiger partial charge on any atom is -0.495 e. The standard InChI is InChI=1S/C31H32N6O6S/c1-18-14-22(19(2)35(18)25-11-9-21(37(39)40)16-27(25)43-5)30-29(23-8-6-7-13-32-23)34-31(44)36(30)20-10-12-26(42-4)24(15-20)33-28(38)17-41-3/h6-16,29-30H,17H2,1-5H3,(H,33,38)(H,34,44). The Labute approximate surface area is 259 Å². The molecule has 13 heteroatoms. The van der Waals surface area contributed by atoms with Gasteiger partial charge in [0.25, 0.3) is 5.69 Å². The number of nitro groups is 1. The molecule has 2 N–H and O–H groups in total. The normalized spacial score (nSPS) is 16.0. The molecule has 2 unspecified atom stereocenters. The molecule has 12 nitrogen and oxygen atoms in total. The van der Waals surface area contributed by atoms with E-state index in [1.54, 1.807) is 18.3 Å². The lowest BCUT2D eigenvalue weighted by Gasteiger charge is -2.29. The number of nitro benzene ring substituents is 1. The lowest BCUT2D eigenvalue weighted by molar-refractivity contribution is -0.384. The van der Waals surface area contributed by atoms with Crippen LogP contribution in [0.3, 0.4) is 0 Å². The van der Waals surface area contributed by atoms with Gasteiger partial charge in [-0.1, -0.05) is 6.07 Å². The maximum atomic E-state index is 12.4. The molecule has 4 aromatic rings. The molecule has 2 atom stereocenters. The highest BCUT2D eigenvalue weighted by atomic mass is 32.1. The van der Waals surface area contributed by atoms with E-state index in [0.29, 0.717) is 28.0 Å². The smallest absolute Gasteiger partial charge is 0.273 e. The van der Waals surface area contributed by atoms with Crippen LogP contribution < -0.4 is 25.0 Å². The highest BCUT2D eigenvalue weighted by Gasteiger charge is 2.42. The number of carbonyl (C=O) groups excluding carboxylic acids is 1. The van der Waals surface area contributed by atoms with E-state index in [-0.39, 0.29) is 30.3 Å². The van der Waals surface area contributed by atoms with Gasteiger partial charge in [-0.25, -0.2) is 0 Å². The van der Waals surface area contributed by atoms with Gasteiger partial charge in [0.1, 0.15) is 18.1 Å². The van der Waals surface area contributed by atoms with Gasteiger partial charge in [-0.15, -0.1) is 0 Å². The number of aryl methyl sites for hydroxylation is 1.